The van der Waals surface area contributed by atoms with Crippen molar-refractivity contribution in [3.8, 4) is 0 Å². The average molecular weight is 256 g/mol. The third-order valence-electron chi connectivity index (χ3n) is 2.62. The standard InChI is InChI=1S/C11H12N8/c12-9-2-1-8-10(14-7-15-11(8)17-9)13-3-5-19-6-4-16-18-19/h1-2,4,6-7H,3,5H2,(H3,12,13,14,15,17). The molecule has 3 rings (SSSR count). The predicted octanol–water partition coefficient (Wildman–Crippen LogP) is 0.311. The van der Waals surface area contributed by atoms with Crippen molar-refractivity contribution in [1.29, 1.82) is 0 Å². The number of rotatable bonds is 4. The van der Waals surface area contributed by atoms with Crippen LogP contribution in [0.15, 0.2) is 30.9 Å². The van der Waals surface area contributed by atoms with Crippen LogP contribution in [-0.4, -0.2) is 36.5 Å². The van der Waals surface area contributed by atoms with E-state index in [1.165, 1.54) is 6.33 Å². The highest BCUT2D eigenvalue weighted by Gasteiger charge is 2.04. The van der Waals surface area contributed by atoms with Crippen LogP contribution in [0.3, 0.4) is 0 Å². The first-order chi connectivity index (χ1) is 9.33. The first-order valence-electron chi connectivity index (χ1n) is 5.78. The Labute approximate surface area is 108 Å². The Morgan fingerprint density at radius 2 is 2.21 bits per heavy atom. The summed E-state index contributed by atoms with van der Waals surface area (Å²) in [5, 5.41) is 11.7. The van der Waals surface area contributed by atoms with Crippen LogP contribution >= 0.6 is 0 Å². The predicted molar refractivity (Wildman–Crippen MR) is 70.3 cm³/mol. The van der Waals surface area contributed by atoms with Crippen molar-refractivity contribution in [1.82, 2.24) is 29.9 Å². The minimum Gasteiger partial charge on any atom is -0.384 e. The molecule has 96 valence electrons. The number of nitrogens with zero attached hydrogens (tertiary/aromatic N) is 6. The summed E-state index contributed by atoms with van der Waals surface area (Å²) in [6.45, 7) is 1.38. The maximum absolute atomic E-state index is 5.63. The lowest BCUT2D eigenvalue weighted by Gasteiger charge is -2.07. The second-order valence-corrected chi connectivity index (χ2v) is 3.92. The Morgan fingerprint density at radius 3 is 3.05 bits per heavy atom. The molecule has 0 aliphatic carbocycles. The summed E-state index contributed by atoms with van der Waals surface area (Å²) < 4.78 is 1.74. The first-order valence-corrected chi connectivity index (χ1v) is 5.78. The topological polar surface area (TPSA) is 107 Å². The Bertz CT molecular complexity index is 678. The van der Waals surface area contributed by atoms with E-state index >= 15 is 0 Å². The number of fused-ring (bicyclic) bond motifs is 1. The smallest absolute Gasteiger partial charge is 0.166 e. The summed E-state index contributed by atoms with van der Waals surface area (Å²) >= 11 is 0. The monoisotopic (exact) mass is 256 g/mol. The van der Waals surface area contributed by atoms with Crippen molar-refractivity contribution in [3.05, 3.63) is 30.9 Å². The number of hydrogen-bond acceptors (Lipinski definition) is 7. The highest BCUT2D eigenvalue weighted by molar-refractivity contribution is 5.86. The number of hydrogen-bond donors (Lipinski definition) is 2. The van der Waals surface area contributed by atoms with Gasteiger partial charge in [-0.3, -0.25) is 4.68 Å². The molecule has 0 saturated heterocycles. The van der Waals surface area contributed by atoms with Crippen molar-refractivity contribution < 1.29 is 0 Å². The molecule has 0 aliphatic rings. The van der Waals surface area contributed by atoms with E-state index in [2.05, 4.69) is 30.6 Å². The zero-order valence-electron chi connectivity index (χ0n) is 10.1. The molecule has 0 spiro atoms. The number of nitrogens with two attached hydrogens (primary N) is 1. The van der Waals surface area contributed by atoms with Gasteiger partial charge in [-0.05, 0) is 12.1 Å². The number of nitrogens with one attached hydrogen (secondary N) is 1. The molecule has 0 bridgehead atoms. The van der Waals surface area contributed by atoms with Gasteiger partial charge in [-0.2, -0.15) is 0 Å². The Balaban J connectivity index is 1.77. The summed E-state index contributed by atoms with van der Waals surface area (Å²) in [6.07, 6.45) is 4.92. The van der Waals surface area contributed by atoms with Gasteiger partial charge < -0.3 is 11.1 Å². The van der Waals surface area contributed by atoms with Crippen molar-refractivity contribution in [3.63, 3.8) is 0 Å². The van der Waals surface area contributed by atoms with Crippen LogP contribution in [0.5, 0.6) is 0 Å². The minimum atomic E-state index is 0.444. The zero-order chi connectivity index (χ0) is 13.1. The second kappa shape index (κ2) is 4.84. The lowest BCUT2D eigenvalue weighted by atomic mass is 10.3. The highest BCUT2D eigenvalue weighted by atomic mass is 15.4. The molecule has 0 aromatic carbocycles. The highest BCUT2D eigenvalue weighted by Crippen LogP contribution is 2.18. The first kappa shape index (κ1) is 11.3. The Hall–Kier alpha value is -2.77. The van der Waals surface area contributed by atoms with Crippen LogP contribution in [0.25, 0.3) is 11.0 Å². The van der Waals surface area contributed by atoms with Gasteiger partial charge in [0.15, 0.2) is 5.65 Å². The molecular formula is C11H12N8. The zero-order valence-corrected chi connectivity index (χ0v) is 10.1. The molecule has 8 nitrogen and oxygen atoms in total. The number of aromatic nitrogens is 6. The summed E-state index contributed by atoms with van der Waals surface area (Å²) in [4.78, 5) is 12.5. The molecule has 0 saturated carbocycles. The Kier molecular flexibility index (Phi) is 2.89. The van der Waals surface area contributed by atoms with Crippen LogP contribution < -0.4 is 11.1 Å². The molecule has 0 aliphatic heterocycles. The van der Waals surface area contributed by atoms with E-state index in [4.69, 9.17) is 5.73 Å². The molecule has 19 heavy (non-hydrogen) atoms. The van der Waals surface area contributed by atoms with Crippen LogP contribution in [0.1, 0.15) is 0 Å². The number of pyridine rings is 1. The fourth-order valence-corrected chi connectivity index (χ4v) is 1.74. The fourth-order valence-electron chi connectivity index (χ4n) is 1.74. The molecule has 0 unspecified atom stereocenters. The quantitative estimate of drug-likeness (QED) is 0.691. The molecule has 0 amide bonds. The minimum absolute atomic E-state index is 0.444. The molecule has 0 atom stereocenters. The second-order valence-electron chi connectivity index (χ2n) is 3.92. The third-order valence-corrected chi connectivity index (χ3v) is 2.62. The van der Waals surface area contributed by atoms with Crippen LogP contribution in [-0.2, 0) is 6.54 Å². The Morgan fingerprint density at radius 1 is 1.26 bits per heavy atom. The largest absolute Gasteiger partial charge is 0.384 e. The van der Waals surface area contributed by atoms with Crippen molar-refractivity contribution >= 4 is 22.7 Å². The average Bonchev–Trinajstić information content (AvgIpc) is 2.92. The normalized spacial score (nSPS) is 10.7. The van der Waals surface area contributed by atoms with E-state index in [1.807, 2.05) is 12.3 Å². The third kappa shape index (κ3) is 2.41. The molecule has 3 heterocycles. The molecule has 3 N–H and O–H groups in total. The SMILES string of the molecule is Nc1ccc2c(NCCn3ccnn3)ncnc2n1. The molecular weight excluding hydrogens is 244 g/mol. The van der Waals surface area contributed by atoms with E-state index in [1.54, 1.807) is 16.9 Å². The van der Waals surface area contributed by atoms with Gasteiger partial charge >= 0.3 is 0 Å². The van der Waals surface area contributed by atoms with Gasteiger partial charge in [-0.25, -0.2) is 15.0 Å². The lowest BCUT2D eigenvalue weighted by Crippen LogP contribution is -2.12. The fraction of sp³-hybridized carbons (Fsp3) is 0.182. The van der Waals surface area contributed by atoms with Gasteiger partial charge in [0.1, 0.15) is 18.0 Å². The van der Waals surface area contributed by atoms with E-state index < -0.39 is 0 Å². The van der Waals surface area contributed by atoms with Gasteiger partial charge in [-0.15, -0.1) is 5.10 Å². The maximum Gasteiger partial charge on any atom is 0.166 e. The van der Waals surface area contributed by atoms with Gasteiger partial charge in [0.05, 0.1) is 18.1 Å². The molecule has 3 aromatic rings. The summed E-state index contributed by atoms with van der Waals surface area (Å²) in [5.41, 5.74) is 6.21. The van der Waals surface area contributed by atoms with Crippen LogP contribution in [0, 0.1) is 0 Å². The molecule has 3 aromatic heterocycles. The lowest BCUT2D eigenvalue weighted by molar-refractivity contribution is 0.608. The van der Waals surface area contributed by atoms with Gasteiger partial charge in [0.25, 0.3) is 0 Å². The van der Waals surface area contributed by atoms with Gasteiger partial charge in [0, 0.05) is 12.7 Å². The van der Waals surface area contributed by atoms with Crippen LogP contribution in [0.2, 0.25) is 0 Å². The van der Waals surface area contributed by atoms with Crippen LogP contribution in [0.4, 0.5) is 11.6 Å². The van der Waals surface area contributed by atoms with E-state index in [0.717, 1.165) is 11.2 Å². The van der Waals surface area contributed by atoms with Crippen molar-refractivity contribution in [2.75, 3.05) is 17.6 Å². The maximum atomic E-state index is 5.63. The summed E-state index contributed by atoms with van der Waals surface area (Å²) in [7, 11) is 0. The van der Waals surface area contributed by atoms with Crippen molar-refractivity contribution in [2.24, 2.45) is 0 Å². The number of anilines is 2. The van der Waals surface area contributed by atoms with Gasteiger partial charge in [-0.1, -0.05) is 5.21 Å². The summed E-state index contributed by atoms with van der Waals surface area (Å²) in [5.74, 6) is 1.18. The van der Waals surface area contributed by atoms with E-state index in [9.17, 15) is 0 Å². The summed E-state index contributed by atoms with van der Waals surface area (Å²) in [6, 6.07) is 3.59. The molecule has 0 radical (unpaired) electrons. The van der Waals surface area contributed by atoms with E-state index in [0.29, 0.717) is 24.6 Å². The van der Waals surface area contributed by atoms with Gasteiger partial charge in [0.2, 0.25) is 0 Å². The van der Waals surface area contributed by atoms with E-state index in [-0.39, 0.29) is 0 Å². The molecule has 8 heteroatoms. The van der Waals surface area contributed by atoms with Crippen molar-refractivity contribution in [2.45, 2.75) is 6.54 Å². The molecule has 0 fully saturated rings. The number of nitrogen functional groups attached to an aromatic ring is 1.